The lowest BCUT2D eigenvalue weighted by molar-refractivity contribution is 0.0363. The zero-order chi connectivity index (χ0) is 12.7. The molecule has 1 rings (SSSR count). The lowest BCUT2D eigenvalue weighted by Crippen LogP contribution is -2.43. The molecule has 0 spiro atoms. The fourth-order valence-electron chi connectivity index (χ4n) is 1.70. The van der Waals surface area contributed by atoms with Gasteiger partial charge in [-0.1, -0.05) is 0 Å². The Hall–Kier alpha value is -0.680. The molecule has 1 saturated heterocycles. The summed E-state index contributed by atoms with van der Waals surface area (Å²) in [6, 6.07) is 1.97. The van der Waals surface area contributed by atoms with Crippen molar-refractivity contribution >= 4 is 10.0 Å². The molecule has 1 fully saturated rings. The Balaban J connectivity index is 2.40. The molecule has 0 aliphatic carbocycles. The maximum absolute atomic E-state index is 11.5. The average molecular weight is 261 g/mol. The predicted octanol–water partition coefficient (Wildman–Crippen LogP) is -0.506. The van der Waals surface area contributed by atoms with Gasteiger partial charge in [0.05, 0.1) is 25.5 Å². The Kier molecular flexibility index (Phi) is 5.85. The number of nitrogens with zero attached hydrogens (tertiary/aromatic N) is 3. The number of rotatable bonds is 6. The van der Waals surface area contributed by atoms with Crippen molar-refractivity contribution in [2.75, 3.05) is 52.2 Å². The van der Waals surface area contributed by atoms with Gasteiger partial charge in [-0.3, -0.25) is 4.90 Å². The minimum absolute atomic E-state index is 0.232. The summed E-state index contributed by atoms with van der Waals surface area (Å²) in [6.45, 7) is 4.52. The second-order valence-corrected chi connectivity index (χ2v) is 6.01. The third kappa shape index (κ3) is 5.46. The third-order valence-electron chi connectivity index (χ3n) is 2.71. The number of nitriles is 1. The molecule has 0 unspecified atom stereocenters. The minimum atomic E-state index is -3.21. The van der Waals surface area contributed by atoms with E-state index >= 15 is 0 Å². The number of morpholine rings is 1. The van der Waals surface area contributed by atoms with E-state index in [1.54, 1.807) is 0 Å². The molecule has 0 radical (unpaired) electrons. The topological polar surface area (TPSA) is 73.6 Å². The van der Waals surface area contributed by atoms with Crippen LogP contribution in [0, 0.1) is 11.3 Å². The van der Waals surface area contributed by atoms with Crippen molar-refractivity contribution in [3.8, 4) is 6.07 Å². The zero-order valence-electron chi connectivity index (χ0n) is 10.1. The molecule has 1 heterocycles. The fraction of sp³-hybridized carbons (Fsp3) is 0.900. The molecule has 98 valence electrons. The molecule has 7 heteroatoms. The minimum Gasteiger partial charge on any atom is -0.379 e. The quantitative estimate of drug-likeness (QED) is 0.644. The molecule has 0 aromatic carbocycles. The number of ether oxygens (including phenoxy) is 1. The summed E-state index contributed by atoms with van der Waals surface area (Å²) in [5.74, 6) is 0. The van der Waals surface area contributed by atoms with Gasteiger partial charge < -0.3 is 4.74 Å². The van der Waals surface area contributed by atoms with E-state index in [2.05, 4.69) is 4.90 Å². The van der Waals surface area contributed by atoms with Gasteiger partial charge in [0, 0.05) is 39.1 Å². The lowest BCUT2D eigenvalue weighted by atomic mass is 10.4. The Labute approximate surface area is 103 Å². The first-order chi connectivity index (χ1) is 8.04. The first-order valence-electron chi connectivity index (χ1n) is 5.66. The summed E-state index contributed by atoms with van der Waals surface area (Å²) >= 11 is 0. The van der Waals surface area contributed by atoms with Crippen molar-refractivity contribution < 1.29 is 13.2 Å². The van der Waals surface area contributed by atoms with Crippen LogP contribution in [-0.4, -0.2) is 69.8 Å². The maximum Gasteiger partial charge on any atom is 0.211 e. The standard InChI is InChI=1S/C10H19N3O3S/c1-17(14,15)13(4-2-3-11)6-5-12-7-9-16-10-8-12/h2,4-10H2,1H3. The van der Waals surface area contributed by atoms with Gasteiger partial charge in [-0.25, -0.2) is 8.42 Å². The monoisotopic (exact) mass is 261 g/mol. The fourth-order valence-corrected chi connectivity index (χ4v) is 2.53. The number of hydrogen-bond acceptors (Lipinski definition) is 5. The molecule has 0 amide bonds. The molecule has 0 saturated carbocycles. The molecular formula is C10H19N3O3S. The maximum atomic E-state index is 11.5. The van der Waals surface area contributed by atoms with Crippen molar-refractivity contribution in [2.45, 2.75) is 6.42 Å². The van der Waals surface area contributed by atoms with Crippen LogP contribution in [0.1, 0.15) is 6.42 Å². The largest absolute Gasteiger partial charge is 0.379 e. The average Bonchev–Trinajstić information content (AvgIpc) is 2.29. The van der Waals surface area contributed by atoms with Crippen molar-refractivity contribution in [3.05, 3.63) is 0 Å². The van der Waals surface area contributed by atoms with Crippen LogP contribution in [0.25, 0.3) is 0 Å². The molecule has 0 bridgehead atoms. The molecule has 1 aliphatic heterocycles. The Bertz CT molecular complexity index is 357. The smallest absolute Gasteiger partial charge is 0.211 e. The number of hydrogen-bond donors (Lipinski definition) is 0. The number of sulfonamides is 1. The first kappa shape index (κ1) is 14.4. The molecule has 0 N–H and O–H groups in total. The molecule has 6 nitrogen and oxygen atoms in total. The molecule has 0 aromatic heterocycles. The van der Waals surface area contributed by atoms with E-state index in [1.165, 1.54) is 10.6 Å². The highest BCUT2D eigenvalue weighted by Crippen LogP contribution is 2.02. The van der Waals surface area contributed by atoms with E-state index in [-0.39, 0.29) is 13.0 Å². The zero-order valence-corrected chi connectivity index (χ0v) is 10.9. The summed E-state index contributed by atoms with van der Waals surface area (Å²) in [6.07, 6.45) is 1.42. The molecule has 0 atom stereocenters. The van der Waals surface area contributed by atoms with Gasteiger partial charge in [0.25, 0.3) is 0 Å². The van der Waals surface area contributed by atoms with E-state index in [4.69, 9.17) is 10.00 Å². The van der Waals surface area contributed by atoms with Gasteiger partial charge in [0.1, 0.15) is 0 Å². The SMILES string of the molecule is CS(=O)(=O)N(CCC#N)CCN1CCOCC1. The van der Waals surface area contributed by atoms with E-state index in [1.807, 2.05) is 6.07 Å². The van der Waals surface area contributed by atoms with Gasteiger partial charge in [-0.2, -0.15) is 9.57 Å². The van der Waals surface area contributed by atoms with E-state index in [0.29, 0.717) is 26.3 Å². The van der Waals surface area contributed by atoms with Crippen LogP contribution in [0.5, 0.6) is 0 Å². The summed E-state index contributed by atoms with van der Waals surface area (Å²) in [7, 11) is -3.21. The normalized spacial score (nSPS) is 18.2. The summed E-state index contributed by atoms with van der Waals surface area (Å²) in [5, 5.41) is 8.50. The van der Waals surface area contributed by atoms with Gasteiger partial charge in [-0.15, -0.1) is 0 Å². The lowest BCUT2D eigenvalue weighted by Gasteiger charge is -2.28. The van der Waals surface area contributed by atoms with Crippen LogP contribution >= 0.6 is 0 Å². The molecule has 1 aliphatic rings. The first-order valence-corrected chi connectivity index (χ1v) is 7.51. The van der Waals surface area contributed by atoms with E-state index in [0.717, 1.165) is 13.1 Å². The van der Waals surface area contributed by atoms with Crippen LogP contribution in [-0.2, 0) is 14.8 Å². The van der Waals surface area contributed by atoms with Crippen LogP contribution in [0.3, 0.4) is 0 Å². The van der Waals surface area contributed by atoms with Crippen LogP contribution in [0.15, 0.2) is 0 Å². The predicted molar refractivity (Wildman–Crippen MR) is 63.9 cm³/mol. The van der Waals surface area contributed by atoms with Gasteiger partial charge in [0.15, 0.2) is 0 Å². The Morgan fingerprint density at radius 2 is 2.00 bits per heavy atom. The van der Waals surface area contributed by atoms with Gasteiger partial charge >= 0.3 is 0 Å². The van der Waals surface area contributed by atoms with Crippen molar-refractivity contribution in [3.63, 3.8) is 0 Å². The van der Waals surface area contributed by atoms with Gasteiger partial charge in [-0.05, 0) is 0 Å². The highest BCUT2D eigenvalue weighted by molar-refractivity contribution is 7.88. The van der Waals surface area contributed by atoms with E-state index in [9.17, 15) is 8.42 Å². The van der Waals surface area contributed by atoms with Crippen LogP contribution < -0.4 is 0 Å². The highest BCUT2D eigenvalue weighted by Gasteiger charge is 2.18. The Morgan fingerprint density at radius 3 is 2.53 bits per heavy atom. The summed E-state index contributed by atoms with van der Waals surface area (Å²) in [5.41, 5.74) is 0. The summed E-state index contributed by atoms with van der Waals surface area (Å²) in [4.78, 5) is 2.17. The van der Waals surface area contributed by atoms with Crippen LogP contribution in [0.2, 0.25) is 0 Å². The Morgan fingerprint density at radius 1 is 1.35 bits per heavy atom. The molecular weight excluding hydrogens is 242 g/mol. The third-order valence-corrected chi connectivity index (χ3v) is 4.01. The van der Waals surface area contributed by atoms with E-state index < -0.39 is 10.0 Å². The van der Waals surface area contributed by atoms with Gasteiger partial charge in [0.2, 0.25) is 10.0 Å². The molecule has 17 heavy (non-hydrogen) atoms. The van der Waals surface area contributed by atoms with Crippen molar-refractivity contribution in [1.82, 2.24) is 9.21 Å². The van der Waals surface area contributed by atoms with Crippen molar-refractivity contribution in [2.24, 2.45) is 0 Å². The second kappa shape index (κ2) is 6.91. The molecule has 0 aromatic rings. The van der Waals surface area contributed by atoms with Crippen LogP contribution in [0.4, 0.5) is 0 Å². The highest BCUT2D eigenvalue weighted by atomic mass is 32.2. The summed E-state index contributed by atoms with van der Waals surface area (Å²) < 4.78 is 29.6. The second-order valence-electron chi connectivity index (χ2n) is 4.02. The van der Waals surface area contributed by atoms with Crippen molar-refractivity contribution in [1.29, 1.82) is 5.26 Å².